The molecular formula is C12H22N2O3S. The fourth-order valence-corrected chi connectivity index (χ4v) is 3.22. The topological polar surface area (TPSA) is 69.6 Å². The number of aliphatic carboxylic acids is 1. The van der Waals surface area contributed by atoms with E-state index in [9.17, 15) is 9.59 Å². The molecule has 1 heterocycles. The lowest BCUT2D eigenvalue weighted by molar-refractivity contribution is -0.138. The van der Waals surface area contributed by atoms with Crippen LogP contribution in [0.25, 0.3) is 0 Å². The molecule has 1 aliphatic heterocycles. The summed E-state index contributed by atoms with van der Waals surface area (Å²) in [6, 6.07) is -0.168. The van der Waals surface area contributed by atoms with Crippen LogP contribution >= 0.6 is 11.8 Å². The Balaban J connectivity index is 2.47. The van der Waals surface area contributed by atoms with E-state index in [1.807, 2.05) is 18.7 Å². The quantitative estimate of drug-likeness (QED) is 0.801. The van der Waals surface area contributed by atoms with E-state index in [1.54, 1.807) is 11.8 Å². The number of nitrogens with one attached hydrogen (secondary N) is 1. The summed E-state index contributed by atoms with van der Waals surface area (Å²) >= 11 is 1.91. The second kappa shape index (κ2) is 7.51. The van der Waals surface area contributed by atoms with Crippen LogP contribution in [0, 0.1) is 0 Å². The van der Waals surface area contributed by atoms with Gasteiger partial charge >= 0.3 is 12.0 Å². The molecule has 0 bridgehead atoms. The molecule has 0 radical (unpaired) electrons. The van der Waals surface area contributed by atoms with Gasteiger partial charge in [-0.25, -0.2) is 4.79 Å². The fraction of sp³-hybridized carbons (Fsp3) is 0.833. The number of carboxylic acids is 1. The number of rotatable bonds is 5. The van der Waals surface area contributed by atoms with Crippen molar-refractivity contribution in [3.05, 3.63) is 0 Å². The monoisotopic (exact) mass is 274 g/mol. The first-order chi connectivity index (χ1) is 8.54. The van der Waals surface area contributed by atoms with Crippen LogP contribution in [-0.4, -0.2) is 52.1 Å². The van der Waals surface area contributed by atoms with Gasteiger partial charge < -0.3 is 15.3 Å². The molecule has 1 aliphatic rings. The van der Waals surface area contributed by atoms with Crippen LogP contribution in [-0.2, 0) is 4.79 Å². The number of thioether (sulfide) groups is 1. The van der Waals surface area contributed by atoms with Crippen molar-refractivity contribution in [3.8, 4) is 0 Å². The molecule has 0 aliphatic carbocycles. The van der Waals surface area contributed by atoms with Gasteiger partial charge in [-0.15, -0.1) is 0 Å². The molecule has 0 saturated carbocycles. The van der Waals surface area contributed by atoms with E-state index in [4.69, 9.17) is 5.11 Å². The zero-order valence-electron chi connectivity index (χ0n) is 11.0. The zero-order chi connectivity index (χ0) is 13.5. The van der Waals surface area contributed by atoms with Gasteiger partial charge in [0.05, 0.1) is 6.42 Å². The van der Waals surface area contributed by atoms with Gasteiger partial charge in [-0.3, -0.25) is 4.79 Å². The van der Waals surface area contributed by atoms with Crippen molar-refractivity contribution >= 4 is 23.8 Å². The number of hydrogen-bond donors (Lipinski definition) is 2. The molecule has 1 rings (SSSR count). The number of amides is 2. The number of urea groups is 1. The van der Waals surface area contributed by atoms with E-state index in [0.717, 1.165) is 24.3 Å². The maximum atomic E-state index is 12.1. The average Bonchev–Trinajstić information content (AvgIpc) is 2.30. The van der Waals surface area contributed by atoms with Crippen LogP contribution in [0.15, 0.2) is 0 Å². The Bertz CT molecular complexity index is 293. The number of carboxylic acid groups (broad SMARTS) is 1. The molecule has 18 heavy (non-hydrogen) atoms. The lowest BCUT2D eigenvalue weighted by Crippen LogP contribution is -2.49. The minimum Gasteiger partial charge on any atom is -0.481 e. The molecule has 0 aromatic carbocycles. The molecule has 2 N–H and O–H groups in total. The second-order valence-electron chi connectivity index (χ2n) is 4.57. The highest BCUT2D eigenvalue weighted by Gasteiger charge is 2.23. The molecule has 6 heteroatoms. The SMILES string of the molecule is CCN(C(=O)NC1CCSCC1)C(C)CC(=O)O. The van der Waals surface area contributed by atoms with Crippen molar-refractivity contribution in [1.82, 2.24) is 10.2 Å². The highest BCUT2D eigenvalue weighted by atomic mass is 32.2. The molecule has 1 saturated heterocycles. The molecule has 2 amide bonds. The summed E-state index contributed by atoms with van der Waals surface area (Å²) in [5.74, 6) is 1.30. The van der Waals surface area contributed by atoms with Gasteiger partial charge in [0.2, 0.25) is 0 Å². The van der Waals surface area contributed by atoms with Crippen molar-refractivity contribution in [2.45, 2.75) is 45.2 Å². The van der Waals surface area contributed by atoms with Crippen molar-refractivity contribution in [2.24, 2.45) is 0 Å². The van der Waals surface area contributed by atoms with Crippen molar-refractivity contribution < 1.29 is 14.7 Å². The van der Waals surface area contributed by atoms with Crippen LogP contribution in [0.1, 0.15) is 33.1 Å². The Morgan fingerprint density at radius 3 is 2.56 bits per heavy atom. The summed E-state index contributed by atoms with van der Waals surface area (Å²) < 4.78 is 0. The van der Waals surface area contributed by atoms with Gasteiger partial charge in [0, 0.05) is 18.6 Å². The Labute approximate surface area is 112 Å². The van der Waals surface area contributed by atoms with Gasteiger partial charge in [-0.1, -0.05) is 0 Å². The summed E-state index contributed by atoms with van der Waals surface area (Å²) in [6.07, 6.45) is 1.99. The first-order valence-corrected chi connectivity index (χ1v) is 7.56. The van der Waals surface area contributed by atoms with Crippen LogP contribution in [0.2, 0.25) is 0 Å². The van der Waals surface area contributed by atoms with Crippen LogP contribution in [0.4, 0.5) is 4.79 Å². The Hall–Kier alpha value is -0.910. The van der Waals surface area contributed by atoms with Crippen molar-refractivity contribution in [1.29, 1.82) is 0 Å². The lowest BCUT2D eigenvalue weighted by atomic mass is 10.1. The van der Waals surface area contributed by atoms with Gasteiger partial charge in [0.15, 0.2) is 0 Å². The molecule has 0 aromatic heterocycles. The van der Waals surface area contributed by atoms with E-state index in [-0.39, 0.29) is 24.5 Å². The summed E-state index contributed by atoms with van der Waals surface area (Å²) in [5, 5.41) is 11.8. The minimum atomic E-state index is -0.872. The second-order valence-corrected chi connectivity index (χ2v) is 5.79. The maximum Gasteiger partial charge on any atom is 0.317 e. The standard InChI is InChI=1S/C12H22N2O3S/c1-3-14(9(2)8-11(15)16)12(17)13-10-4-6-18-7-5-10/h9-10H,3-8H2,1-2H3,(H,13,17)(H,15,16). The number of hydrogen-bond acceptors (Lipinski definition) is 3. The first kappa shape index (κ1) is 15.1. The molecule has 1 unspecified atom stereocenters. The Morgan fingerprint density at radius 2 is 2.06 bits per heavy atom. The summed E-state index contributed by atoms with van der Waals surface area (Å²) in [6.45, 7) is 4.17. The summed E-state index contributed by atoms with van der Waals surface area (Å²) in [4.78, 5) is 24.4. The van der Waals surface area contributed by atoms with Gasteiger partial charge in [0.25, 0.3) is 0 Å². The summed E-state index contributed by atoms with van der Waals surface area (Å²) in [5.41, 5.74) is 0. The molecule has 1 fully saturated rings. The smallest absolute Gasteiger partial charge is 0.317 e. The molecule has 0 spiro atoms. The fourth-order valence-electron chi connectivity index (χ4n) is 2.12. The molecule has 1 atom stereocenters. The van der Waals surface area contributed by atoms with E-state index in [1.165, 1.54) is 0 Å². The van der Waals surface area contributed by atoms with Gasteiger partial charge in [-0.2, -0.15) is 11.8 Å². The number of carbonyl (C=O) groups excluding carboxylic acids is 1. The Kier molecular flexibility index (Phi) is 6.32. The highest BCUT2D eigenvalue weighted by Crippen LogP contribution is 2.17. The molecule has 104 valence electrons. The van der Waals surface area contributed by atoms with Gasteiger partial charge in [-0.05, 0) is 38.2 Å². The maximum absolute atomic E-state index is 12.1. The lowest BCUT2D eigenvalue weighted by Gasteiger charge is -2.30. The van der Waals surface area contributed by atoms with Crippen LogP contribution < -0.4 is 5.32 Å². The van der Waals surface area contributed by atoms with Crippen molar-refractivity contribution in [2.75, 3.05) is 18.1 Å². The number of nitrogens with zero attached hydrogens (tertiary/aromatic N) is 1. The van der Waals surface area contributed by atoms with E-state index in [2.05, 4.69) is 5.32 Å². The molecule has 0 aromatic rings. The number of carbonyl (C=O) groups is 2. The zero-order valence-corrected chi connectivity index (χ0v) is 11.8. The van der Waals surface area contributed by atoms with E-state index < -0.39 is 5.97 Å². The van der Waals surface area contributed by atoms with Crippen LogP contribution in [0.3, 0.4) is 0 Å². The normalized spacial score (nSPS) is 18.1. The van der Waals surface area contributed by atoms with Crippen molar-refractivity contribution in [3.63, 3.8) is 0 Å². The average molecular weight is 274 g/mol. The largest absolute Gasteiger partial charge is 0.481 e. The molecule has 5 nitrogen and oxygen atoms in total. The predicted octanol–water partition coefficient (Wildman–Crippen LogP) is 1.78. The molecular weight excluding hydrogens is 252 g/mol. The Morgan fingerprint density at radius 1 is 1.44 bits per heavy atom. The third kappa shape index (κ3) is 4.76. The third-order valence-electron chi connectivity index (χ3n) is 3.15. The van der Waals surface area contributed by atoms with Gasteiger partial charge in [0.1, 0.15) is 0 Å². The van der Waals surface area contributed by atoms with E-state index in [0.29, 0.717) is 6.54 Å². The highest BCUT2D eigenvalue weighted by molar-refractivity contribution is 7.99. The summed E-state index contributed by atoms with van der Waals surface area (Å²) in [7, 11) is 0. The third-order valence-corrected chi connectivity index (χ3v) is 4.20. The first-order valence-electron chi connectivity index (χ1n) is 6.41. The van der Waals surface area contributed by atoms with Crippen LogP contribution in [0.5, 0.6) is 0 Å². The minimum absolute atomic E-state index is 0.0121. The predicted molar refractivity (Wildman–Crippen MR) is 73.0 cm³/mol. The van der Waals surface area contributed by atoms with E-state index >= 15 is 0 Å².